The molecular formula is C15H21BrN2O2. The SMILES string of the molecule is C[C@@H](Cc1ccccc1Br)NC(=O)N1CC[C@H](CO)C1. The summed E-state index contributed by atoms with van der Waals surface area (Å²) in [6.07, 6.45) is 1.69. The number of aliphatic hydroxyl groups is 1. The molecule has 0 aliphatic carbocycles. The Morgan fingerprint density at radius 1 is 1.55 bits per heavy atom. The summed E-state index contributed by atoms with van der Waals surface area (Å²) in [5.74, 6) is 0.235. The number of carbonyl (C=O) groups excluding carboxylic acids is 1. The molecule has 2 amide bonds. The van der Waals surface area contributed by atoms with Gasteiger partial charge in [0.25, 0.3) is 0 Å². The average molecular weight is 341 g/mol. The normalized spacial score (nSPS) is 19.9. The molecule has 110 valence electrons. The zero-order chi connectivity index (χ0) is 14.5. The molecule has 1 aliphatic rings. The minimum Gasteiger partial charge on any atom is -0.396 e. The first-order valence-electron chi connectivity index (χ1n) is 7.00. The molecule has 0 unspecified atom stereocenters. The summed E-state index contributed by atoms with van der Waals surface area (Å²) >= 11 is 3.52. The van der Waals surface area contributed by atoms with Crippen molar-refractivity contribution in [2.75, 3.05) is 19.7 Å². The zero-order valence-electron chi connectivity index (χ0n) is 11.7. The fraction of sp³-hybridized carbons (Fsp3) is 0.533. The van der Waals surface area contributed by atoms with Gasteiger partial charge in [-0.25, -0.2) is 4.79 Å². The minimum atomic E-state index is -0.0273. The van der Waals surface area contributed by atoms with Gasteiger partial charge < -0.3 is 15.3 Å². The van der Waals surface area contributed by atoms with E-state index in [1.165, 1.54) is 5.56 Å². The van der Waals surface area contributed by atoms with Gasteiger partial charge in [-0.2, -0.15) is 0 Å². The number of aliphatic hydroxyl groups excluding tert-OH is 1. The third-order valence-corrected chi connectivity index (χ3v) is 4.46. The summed E-state index contributed by atoms with van der Waals surface area (Å²) in [7, 11) is 0. The minimum absolute atomic E-state index is 0.0273. The molecule has 1 aromatic carbocycles. The first-order chi connectivity index (χ1) is 9.60. The van der Waals surface area contributed by atoms with Gasteiger partial charge in [-0.3, -0.25) is 0 Å². The summed E-state index contributed by atoms with van der Waals surface area (Å²) in [6.45, 7) is 3.57. The highest BCUT2D eigenvalue weighted by Crippen LogP contribution is 2.18. The van der Waals surface area contributed by atoms with E-state index < -0.39 is 0 Å². The molecule has 5 heteroatoms. The molecule has 0 aromatic heterocycles. The van der Waals surface area contributed by atoms with Crippen molar-refractivity contribution in [1.29, 1.82) is 0 Å². The van der Waals surface area contributed by atoms with E-state index in [1.807, 2.05) is 25.1 Å². The molecule has 2 rings (SSSR count). The third-order valence-electron chi connectivity index (χ3n) is 3.69. The summed E-state index contributed by atoms with van der Waals surface area (Å²) < 4.78 is 1.07. The topological polar surface area (TPSA) is 52.6 Å². The van der Waals surface area contributed by atoms with Gasteiger partial charge in [-0.15, -0.1) is 0 Å². The Hall–Kier alpha value is -1.07. The van der Waals surface area contributed by atoms with E-state index in [1.54, 1.807) is 4.90 Å². The van der Waals surface area contributed by atoms with Crippen LogP contribution >= 0.6 is 15.9 Å². The monoisotopic (exact) mass is 340 g/mol. The Bertz CT molecular complexity index is 467. The molecule has 20 heavy (non-hydrogen) atoms. The first kappa shape index (κ1) is 15.3. The molecule has 2 atom stereocenters. The average Bonchev–Trinajstić information content (AvgIpc) is 2.90. The van der Waals surface area contributed by atoms with Gasteiger partial charge in [-0.05, 0) is 31.4 Å². The molecule has 1 heterocycles. The Labute approximate surface area is 128 Å². The van der Waals surface area contributed by atoms with Crippen LogP contribution in [0.15, 0.2) is 28.7 Å². The Kier molecular flexibility index (Phi) is 5.43. The number of halogens is 1. The van der Waals surface area contributed by atoms with Crippen LogP contribution in [0.25, 0.3) is 0 Å². The van der Waals surface area contributed by atoms with E-state index in [0.717, 1.165) is 23.9 Å². The van der Waals surface area contributed by atoms with Crippen LogP contribution in [0.2, 0.25) is 0 Å². The van der Waals surface area contributed by atoms with E-state index in [-0.39, 0.29) is 24.6 Å². The number of amides is 2. The predicted octanol–water partition coefficient (Wildman–Crippen LogP) is 2.40. The van der Waals surface area contributed by atoms with Crippen molar-refractivity contribution in [2.24, 2.45) is 5.92 Å². The van der Waals surface area contributed by atoms with Crippen molar-refractivity contribution in [3.8, 4) is 0 Å². The van der Waals surface area contributed by atoms with E-state index in [0.29, 0.717) is 6.54 Å². The molecule has 0 bridgehead atoms. The predicted molar refractivity (Wildman–Crippen MR) is 82.6 cm³/mol. The van der Waals surface area contributed by atoms with Crippen molar-refractivity contribution in [3.05, 3.63) is 34.3 Å². The number of nitrogens with one attached hydrogen (secondary N) is 1. The van der Waals surface area contributed by atoms with Crippen LogP contribution in [-0.2, 0) is 6.42 Å². The molecule has 2 N–H and O–H groups in total. The standard InChI is InChI=1S/C15H21BrN2O2/c1-11(8-13-4-2-3-5-14(13)16)17-15(20)18-7-6-12(9-18)10-19/h2-5,11-12,19H,6-10H2,1H3,(H,17,20)/t11-,12-/m0/s1. The van der Waals surface area contributed by atoms with Gasteiger partial charge in [0.1, 0.15) is 0 Å². The second kappa shape index (κ2) is 7.09. The molecule has 0 saturated carbocycles. The summed E-state index contributed by atoms with van der Waals surface area (Å²) in [5.41, 5.74) is 1.19. The lowest BCUT2D eigenvalue weighted by atomic mass is 10.1. The van der Waals surface area contributed by atoms with Gasteiger partial charge >= 0.3 is 6.03 Å². The van der Waals surface area contributed by atoms with Gasteiger partial charge in [0.15, 0.2) is 0 Å². The third kappa shape index (κ3) is 3.96. The smallest absolute Gasteiger partial charge is 0.317 e. The molecule has 4 nitrogen and oxygen atoms in total. The van der Waals surface area contributed by atoms with Crippen molar-refractivity contribution < 1.29 is 9.90 Å². The van der Waals surface area contributed by atoms with Crippen molar-refractivity contribution in [3.63, 3.8) is 0 Å². The summed E-state index contributed by atoms with van der Waals surface area (Å²) in [5, 5.41) is 12.1. The van der Waals surface area contributed by atoms with Crippen LogP contribution in [-0.4, -0.2) is 41.8 Å². The lowest BCUT2D eigenvalue weighted by Crippen LogP contribution is -2.43. The fourth-order valence-corrected chi connectivity index (χ4v) is 2.96. The first-order valence-corrected chi connectivity index (χ1v) is 7.79. The van der Waals surface area contributed by atoms with Gasteiger partial charge in [-0.1, -0.05) is 34.1 Å². The van der Waals surface area contributed by atoms with Crippen LogP contribution in [0.4, 0.5) is 4.79 Å². The lowest BCUT2D eigenvalue weighted by molar-refractivity contribution is 0.195. The second-order valence-electron chi connectivity index (χ2n) is 5.43. The number of likely N-dealkylation sites (tertiary alicyclic amines) is 1. The highest BCUT2D eigenvalue weighted by Gasteiger charge is 2.26. The van der Waals surface area contributed by atoms with E-state index in [9.17, 15) is 4.79 Å². The highest BCUT2D eigenvalue weighted by molar-refractivity contribution is 9.10. The zero-order valence-corrected chi connectivity index (χ0v) is 13.3. The summed E-state index contributed by atoms with van der Waals surface area (Å²) in [4.78, 5) is 13.9. The number of hydrogen-bond donors (Lipinski definition) is 2. The molecule has 1 fully saturated rings. The lowest BCUT2D eigenvalue weighted by Gasteiger charge is -2.21. The molecule has 0 spiro atoms. The second-order valence-corrected chi connectivity index (χ2v) is 6.28. The van der Waals surface area contributed by atoms with Gasteiger partial charge in [0.05, 0.1) is 0 Å². The van der Waals surface area contributed by atoms with Crippen LogP contribution in [0.5, 0.6) is 0 Å². The van der Waals surface area contributed by atoms with Crippen molar-refractivity contribution in [1.82, 2.24) is 10.2 Å². The van der Waals surface area contributed by atoms with Gasteiger partial charge in [0, 0.05) is 36.1 Å². The summed E-state index contributed by atoms with van der Waals surface area (Å²) in [6, 6.07) is 8.10. The number of rotatable bonds is 4. The van der Waals surface area contributed by atoms with Crippen LogP contribution < -0.4 is 5.32 Å². The van der Waals surface area contributed by atoms with Crippen molar-refractivity contribution in [2.45, 2.75) is 25.8 Å². The quantitative estimate of drug-likeness (QED) is 0.884. The van der Waals surface area contributed by atoms with E-state index in [2.05, 4.69) is 27.3 Å². The maximum Gasteiger partial charge on any atom is 0.317 e. The molecule has 1 aliphatic heterocycles. The Balaban J connectivity index is 1.84. The molecular weight excluding hydrogens is 320 g/mol. The fourth-order valence-electron chi connectivity index (χ4n) is 2.51. The number of benzene rings is 1. The number of urea groups is 1. The number of carbonyl (C=O) groups is 1. The van der Waals surface area contributed by atoms with Crippen LogP contribution in [0.1, 0.15) is 18.9 Å². The molecule has 1 saturated heterocycles. The van der Waals surface area contributed by atoms with Crippen molar-refractivity contribution >= 4 is 22.0 Å². The van der Waals surface area contributed by atoms with Crippen LogP contribution in [0.3, 0.4) is 0 Å². The maximum atomic E-state index is 12.1. The number of nitrogens with zero attached hydrogens (tertiary/aromatic N) is 1. The maximum absolute atomic E-state index is 12.1. The molecule has 0 radical (unpaired) electrons. The Morgan fingerprint density at radius 2 is 2.30 bits per heavy atom. The van der Waals surface area contributed by atoms with E-state index >= 15 is 0 Å². The van der Waals surface area contributed by atoms with Crippen LogP contribution in [0, 0.1) is 5.92 Å². The largest absolute Gasteiger partial charge is 0.396 e. The van der Waals surface area contributed by atoms with E-state index in [4.69, 9.17) is 5.11 Å². The number of hydrogen-bond acceptors (Lipinski definition) is 2. The van der Waals surface area contributed by atoms with Gasteiger partial charge in [0.2, 0.25) is 0 Å². The highest BCUT2D eigenvalue weighted by atomic mass is 79.9. The molecule has 1 aromatic rings. The Morgan fingerprint density at radius 3 is 2.95 bits per heavy atom.